The zero-order valence-corrected chi connectivity index (χ0v) is 26.2. The van der Waals surface area contributed by atoms with E-state index in [0.29, 0.717) is 0 Å². The molecule has 2 heteroatoms. The summed E-state index contributed by atoms with van der Waals surface area (Å²) < 4.78 is 2.43. The van der Waals surface area contributed by atoms with Gasteiger partial charge in [0.1, 0.15) is 0 Å². The molecule has 0 fully saturated rings. The van der Waals surface area contributed by atoms with Gasteiger partial charge in [0.05, 0.1) is 22.4 Å². The number of nitrogens with zero attached hydrogens (tertiary/aromatic N) is 2. The van der Waals surface area contributed by atoms with Crippen molar-refractivity contribution in [3.63, 3.8) is 0 Å². The Hall–Kier alpha value is -6.38. The van der Waals surface area contributed by atoms with E-state index in [-0.39, 0.29) is 0 Å². The maximum atomic E-state index is 2.46. The van der Waals surface area contributed by atoms with Crippen molar-refractivity contribution in [2.75, 3.05) is 4.90 Å². The van der Waals surface area contributed by atoms with Crippen molar-refractivity contribution in [3.05, 3.63) is 182 Å². The minimum absolute atomic E-state index is 1.15. The van der Waals surface area contributed by atoms with Crippen molar-refractivity contribution in [1.82, 2.24) is 4.57 Å². The minimum Gasteiger partial charge on any atom is -0.309 e. The lowest BCUT2D eigenvalue weighted by molar-refractivity contribution is 1.18. The van der Waals surface area contributed by atoms with Gasteiger partial charge in [-0.15, -0.1) is 0 Å². The van der Waals surface area contributed by atoms with E-state index in [1.54, 1.807) is 0 Å². The van der Waals surface area contributed by atoms with E-state index in [2.05, 4.69) is 191 Å². The topological polar surface area (TPSA) is 8.17 Å². The fourth-order valence-corrected chi connectivity index (χ4v) is 7.69. The highest BCUT2D eigenvalue weighted by Gasteiger charge is 2.28. The average molecular weight is 611 g/mol. The zero-order chi connectivity index (χ0) is 31.6. The van der Waals surface area contributed by atoms with E-state index in [0.717, 1.165) is 11.4 Å². The Kier molecular flexibility index (Phi) is 5.91. The van der Waals surface area contributed by atoms with Crippen molar-refractivity contribution < 1.29 is 0 Å². The van der Waals surface area contributed by atoms with Gasteiger partial charge in [-0.2, -0.15) is 0 Å². The van der Waals surface area contributed by atoms with E-state index in [4.69, 9.17) is 0 Å². The molecule has 0 N–H and O–H groups in total. The zero-order valence-electron chi connectivity index (χ0n) is 26.2. The number of fused-ring (bicyclic) bond motifs is 5. The van der Waals surface area contributed by atoms with Crippen LogP contribution >= 0.6 is 0 Å². The number of aromatic nitrogens is 1. The van der Waals surface area contributed by atoms with Crippen LogP contribution < -0.4 is 4.90 Å². The summed E-state index contributed by atoms with van der Waals surface area (Å²) >= 11 is 0. The Morgan fingerprint density at radius 1 is 0.333 bits per heavy atom. The fourth-order valence-electron chi connectivity index (χ4n) is 7.69. The predicted octanol–water partition coefficient (Wildman–Crippen LogP) is 12.7. The minimum atomic E-state index is 1.15. The fraction of sp³-hybridized carbons (Fsp3) is 0. The molecule has 1 aliphatic rings. The number of anilines is 3. The Morgan fingerprint density at radius 3 is 1.60 bits per heavy atom. The highest BCUT2D eigenvalue weighted by molar-refractivity contribution is 6.19. The largest absolute Gasteiger partial charge is 0.309 e. The van der Waals surface area contributed by atoms with Crippen molar-refractivity contribution >= 4 is 49.6 Å². The van der Waals surface area contributed by atoms with Crippen LogP contribution in [0.3, 0.4) is 0 Å². The van der Waals surface area contributed by atoms with Crippen LogP contribution in [0.15, 0.2) is 182 Å². The SMILES string of the molecule is c1ccc(-c2ccc(N3c4cc5c(cc4-c4cccc6cccc3c46)c3ccccc3n5-c3ccc(-c4ccccc4)cc3)cc2)cc1. The van der Waals surface area contributed by atoms with Crippen molar-refractivity contribution in [2.24, 2.45) is 0 Å². The molecule has 224 valence electrons. The summed E-state index contributed by atoms with van der Waals surface area (Å²) in [5, 5.41) is 5.06. The smallest absolute Gasteiger partial charge is 0.0562 e. The van der Waals surface area contributed by atoms with Crippen LogP contribution in [0.4, 0.5) is 17.1 Å². The molecule has 10 rings (SSSR count). The number of hydrogen-bond donors (Lipinski definition) is 0. The molecule has 0 saturated carbocycles. The molecule has 1 aliphatic heterocycles. The van der Waals surface area contributed by atoms with Gasteiger partial charge in [0.25, 0.3) is 0 Å². The van der Waals surface area contributed by atoms with Gasteiger partial charge >= 0.3 is 0 Å². The predicted molar refractivity (Wildman–Crippen MR) is 203 cm³/mol. The molecule has 0 aliphatic carbocycles. The van der Waals surface area contributed by atoms with Gasteiger partial charge in [-0.3, -0.25) is 0 Å². The Morgan fingerprint density at radius 2 is 0.917 bits per heavy atom. The third kappa shape index (κ3) is 4.06. The molecule has 1 aromatic heterocycles. The van der Waals surface area contributed by atoms with Crippen LogP contribution in [-0.2, 0) is 0 Å². The van der Waals surface area contributed by atoms with Gasteiger partial charge in [0.15, 0.2) is 0 Å². The maximum Gasteiger partial charge on any atom is 0.0562 e. The normalized spacial score (nSPS) is 12.1. The molecule has 0 amide bonds. The van der Waals surface area contributed by atoms with E-state index in [1.807, 2.05) is 0 Å². The van der Waals surface area contributed by atoms with Crippen LogP contribution in [0.1, 0.15) is 0 Å². The molecule has 2 nitrogen and oxygen atoms in total. The first-order chi connectivity index (χ1) is 23.8. The van der Waals surface area contributed by atoms with E-state index in [1.165, 1.54) is 77.3 Å². The molecule has 0 saturated heterocycles. The third-order valence-corrected chi connectivity index (χ3v) is 9.91. The number of para-hydroxylation sites is 1. The summed E-state index contributed by atoms with van der Waals surface area (Å²) in [5.41, 5.74) is 14.5. The van der Waals surface area contributed by atoms with Crippen LogP contribution in [0.5, 0.6) is 0 Å². The average Bonchev–Trinajstić information content (AvgIpc) is 3.48. The quantitative estimate of drug-likeness (QED) is 0.192. The number of benzene rings is 8. The van der Waals surface area contributed by atoms with Crippen molar-refractivity contribution in [3.8, 4) is 39.1 Å². The first kappa shape index (κ1) is 26.8. The van der Waals surface area contributed by atoms with Gasteiger partial charge < -0.3 is 9.47 Å². The lowest BCUT2D eigenvalue weighted by Gasteiger charge is -2.34. The molecular formula is C46H30N2. The van der Waals surface area contributed by atoms with E-state index < -0.39 is 0 Å². The molecule has 0 atom stereocenters. The lowest BCUT2D eigenvalue weighted by atomic mass is 9.89. The molecule has 9 aromatic rings. The highest BCUT2D eigenvalue weighted by atomic mass is 15.2. The summed E-state index contributed by atoms with van der Waals surface area (Å²) in [6.45, 7) is 0. The van der Waals surface area contributed by atoms with Crippen LogP contribution in [0, 0.1) is 0 Å². The van der Waals surface area contributed by atoms with Gasteiger partial charge in [0.2, 0.25) is 0 Å². The number of hydrogen-bond acceptors (Lipinski definition) is 1. The molecule has 0 bridgehead atoms. The first-order valence-corrected chi connectivity index (χ1v) is 16.5. The third-order valence-electron chi connectivity index (χ3n) is 9.91. The second kappa shape index (κ2) is 10.6. The molecule has 2 heterocycles. The Balaban J connectivity index is 1.22. The summed E-state index contributed by atoms with van der Waals surface area (Å²) in [6, 6.07) is 66.2. The monoisotopic (exact) mass is 610 g/mol. The summed E-state index contributed by atoms with van der Waals surface area (Å²) in [5.74, 6) is 0. The number of rotatable bonds is 4. The van der Waals surface area contributed by atoms with Gasteiger partial charge in [0, 0.05) is 33.1 Å². The second-order valence-electron chi connectivity index (χ2n) is 12.6. The molecule has 0 radical (unpaired) electrons. The second-order valence-corrected chi connectivity index (χ2v) is 12.6. The summed E-state index contributed by atoms with van der Waals surface area (Å²) in [6.07, 6.45) is 0. The van der Waals surface area contributed by atoms with Crippen molar-refractivity contribution in [2.45, 2.75) is 0 Å². The van der Waals surface area contributed by atoms with Gasteiger partial charge in [-0.1, -0.05) is 133 Å². The van der Waals surface area contributed by atoms with E-state index >= 15 is 0 Å². The Bertz CT molecular complexity index is 2630. The van der Waals surface area contributed by atoms with Gasteiger partial charge in [-0.05, 0) is 81.7 Å². The molecule has 48 heavy (non-hydrogen) atoms. The molecule has 8 aromatic carbocycles. The van der Waals surface area contributed by atoms with Crippen molar-refractivity contribution in [1.29, 1.82) is 0 Å². The standard InChI is InChI=1S/C46H30N2/c1-3-11-31(12-4-1)33-21-25-36(26-22-33)47-42-19-8-7-17-38(42)40-29-41-39-18-9-15-35-16-10-20-43(46(35)39)48(45(41)30-44(40)47)37-27-23-34(24-28-37)32-13-5-2-6-14-32/h1-30H. The highest BCUT2D eigenvalue weighted by Crippen LogP contribution is 2.53. The van der Waals surface area contributed by atoms with Crippen LogP contribution in [0.25, 0.3) is 71.6 Å². The molecule has 0 unspecified atom stereocenters. The maximum absolute atomic E-state index is 2.46. The van der Waals surface area contributed by atoms with E-state index in [9.17, 15) is 0 Å². The van der Waals surface area contributed by atoms with Crippen LogP contribution in [-0.4, -0.2) is 4.57 Å². The molecule has 0 spiro atoms. The Labute approximate surface area is 279 Å². The molecular weight excluding hydrogens is 581 g/mol. The summed E-state index contributed by atoms with van der Waals surface area (Å²) in [7, 11) is 0. The lowest BCUT2D eigenvalue weighted by Crippen LogP contribution is -2.15. The van der Waals surface area contributed by atoms with Gasteiger partial charge in [-0.25, -0.2) is 0 Å². The summed E-state index contributed by atoms with van der Waals surface area (Å²) in [4.78, 5) is 2.46. The first-order valence-electron chi connectivity index (χ1n) is 16.5. The van der Waals surface area contributed by atoms with Crippen LogP contribution in [0.2, 0.25) is 0 Å².